The van der Waals surface area contributed by atoms with Gasteiger partial charge in [-0.15, -0.1) is 0 Å². The number of carbonyl (C=O) groups excluding carboxylic acids is 8. The molecule has 2 aliphatic heterocycles. The van der Waals surface area contributed by atoms with E-state index in [2.05, 4.69) is 21.3 Å². The summed E-state index contributed by atoms with van der Waals surface area (Å²) in [5, 5.41) is 22.9. The maximum atomic E-state index is 14.7. The number of hydrogen-bond acceptors (Lipinski definition) is 12. The highest BCUT2D eigenvalue weighted by molar-refractivity contribution is 6.06. The molecule has 382 valence electrons. The molecule has 11 atom stereocenters. The van der Waals surface area contributed by atoms with Crippen LogP contribution in [0.25, 0.3) is 0 Å². The third-order valence-electron chi connectivity index (χ3n) is 13.3. The first-order chi connectivity index (χ1) is 31.8. The van der Waals surface area contributed by atoms with Gasteiger partial charge in [0.1, 0.15) is 36.0 Å². The number of nitrogens with one attached hydrogen (secondary N) is 4. The number of Topliss-reactive ketones (excluding diaryl/α,β-unsaturated/α-hetero) is 1. The minimum absolute atomic E-state index is 0.0432. The van der Waals surface area contributed by atoms with Crippen LogP contribution in [0, 0.1) is 29.6 Å². The number of aliphatic hydroxyl groups is 1. The number of ether oxygens (including phenoxy) is 2. The summed E-state index contributed by atoms with van der Waals surface area (Å²) >= 11 is 0. The molecule has 0 aromatic heterocycles. The predicted molar refractivity (Wildman–Crippen MR) is 257 cm³/mol. The SMILES string of the molecule is CC[C@H](C)[C@H]1NC(=O)C(NC(=O)[C@@H](CC(C)C)N(C)C)[C@@H](C)OC(=O)[C@H](Cc2ccc(OC)cc2)N(C)C(=O)C2CCCN2C(=O)C(CC(C)C)NC(=O)[C@@H](C)C(=O)[C@H](C(C)C)NC(=O)CC1O. The van der Waals surface area contributed by atoms with Gasteiger partial charge in [-0.05, 0) is 95.0 Å². The van der Waals surface area contributed by atoms with E-state index in [1.807, 2.05) is 34.6 Å². The molecule has 18 nitrogen and oxygen atoms in total. The van der Waals surface area contributed by atoms with Crippen LogP contribution in [0.2, 0.25) is 0 Å². The average Bonchev–Trinajstić information content (AvgIpc) is 3.77. The summed E-state index contributed by atoms with van der Waals surface area (Å²) in [6, 6.07) is -0.939. The standard InChI is InChI=1S/C50H81N7O11/c1-15-30(8)42-39(58)26-40(59)52-41(29(6)7)44(60)31(9)45(61)51-35(23-27(2)3)48(64)57-22-16-17-36(57)49(65)56(13)38(25-33-18-20-34(67-14)21-19-33)50(66)68-32(10)43(47(63)53-42)54-46(62)37(55(11)12)24-28(4)5/h18-21,27-32,35-39,41-43,58H,15-17,22-26H2,1-14H3,(H,51,61)(H,52,59)(H,53,63)(H,54,62)/t30-,31-,32+,35?,36?,37+,38-,39?,41-,42+,43?/m0/s1. The highest BCUT2D eigenvalue weighted by Crippen LogP contribution is 2.25. The fourth-order valence-corrected chi connectivity index (χ4v) is 8.84. The van der Waals surface area contributed by atoms with Crippen LogP contribution in [-0.2, 0) is 49.5 Å². The summed E-state index contributed by atoms with van der Waals surface area (Å²) in [7, 11) is 6.44. The summed E-state index contributed by atoms with van der Waals surface area (Å²) in [5.41, 5.74) is 0.638. The summed E-state index contributed by atoms with van der Waals surface area (Å²) in [6.45, 7) is 17.8. The fraction of sp³-hybridized carbons (Fsp3) is 0.720. The van der Waals surface area contributed by atoms with Gasteiger partial charge in [0.15, 0.2) is 5.78 Å². The van der Waals surface area contributed by atoms with Crippen LogP contribution in [0.15, 0.2) is 24.3 Å². The molecule has 2 aliphatic rings. The number of esters is 1. The van der Waals surface area contributed by atoms with Crippen molar-refractivity contribution in [3.63, 3.8) is 0 Å². The molecule has 68 heavy (non-hydrogen) atoms. The Labute approximate surface area is 403 Å². The van der Waals surface area contributed by atoms with Gasteiger partial charge in [0.2, 0.25) is 35.4 Å². The van der Waals surface area contributed by atoms with E-state index < -0.39 is 126 Å². The molecule has 0 saturated carbocycles. The molecule has 18 heteroatoms. The Kier molecular flexibility index (Phi) is 21.9. The number of carbonyl (C=O) groups is 8. The second-order valence-electron chi connectivity index (χ2n) is 20.2. The van der Waals surface area contributed by atoms with Crippen molar-refractivity contribution in [1.29, 1.82) is 0 Å². The number of aliphatic hydroxyl groups excluding tert-OH is 1. The van der Waals surface area contributed by atoms with Gasteiger partial charge in [0.25, 0.3) is 0 Å². The van der Waals surface area contributed by atoms with E-state index in [9.17, 15) is 43.5 Å². The van der Waals surface area contributed by atoms with Crippen molar-refractivity contribution < 1.29 is 52.9 Å². The number of rotatable bonds is 13. The third-order valence-corrected chi connectivity index (χ3v) is 13.3. The van der Waals surface area contributed by atoms with Crippen molar-refractivity contribution in [2.75, 3.05) is 34.8 Å². The Morgan fingerprint density at radius 1 is 0.912 bits per heavy atom. The first kappa shape index (κ1) is 57.2. The quantitative estimate of drug-likeness (QED) is 0.142. The van der Waals surface area contributed by atoms with Crippen molar-refractivity contribution in [2.45, 2.75) is 169 Å². The molecule has 0 spiro atoms. The maximum absolute atomic E-state index is 14.7. The molecule has 2 heterocycles. The highest BCUT2D eigenvalue weighted by atomic mass is 16.5. The van der Waals surface area contributed by atoms with Crippen LogP contribution in [0.4, 0.5) is 0 Å². The lowest BCUT2D eigenvalue weighted by Crippen LogP contribution is -2.61. The van der Waals surface area contributed by atoms with Gasteiger partial charge < -0.3 is 45.6 Å². The lowest BCUT2D eigenvalue weighted by Gasteiger charge is -2.35. The van der Waals surface area contributed by atoms with Crippen LogP contribution < -0.4 is 26.0 Å². The van der Waals surface area contributed by atoms with Crippen LogP contribution in [-0.4, -0.2) is 156 Å². The number of fused-ring (bicyclic) bond motifs is 1. The molecule has 2 fully saturated rings. The van der Waals surface area contributed by atoms with E-state index in [4.69, 9.17) is 9.47 Å². The smallest absolute Gasteiger partial charge is 0.329 e. The summed E-state index contributed by atoms with van der Waals surface area (Å²) in [5.74, 6) is -6.97. The third kappa shape index (κ3) is 15.5. The normalized spacial score (nSPS) is 27.7. The number of cyclic esters (lactones) is 1. The van der Waals surface area contributed by atoms with Gasteiger partial charge in [0.05, 0.1) is 43.7 Å². The molecular formula is C50H81N7O11. The molecule has 3 rings (SSSR count). The summed E-state index contributed by atoms with van der Waals surface area (Å²) < 4.78 is 11.5. The van der Waals surface area contributed by atoms with Gasteiger partial charge >= 0.3 is 5.97 Å². The van der Waals surface area contributed by atoms with Crippen molar-refractivity contribution >= 4 is 47.2 Å². The van der Waals surface area contributed by atoms with E-state index in [0.29, 0.717) is 30.6 Å². The number of nitrogens with zero attached hydrogens (tertiary/aromatic N) is 3. The molecule has 0 radical (unpaired) electrons. The summed E-state index contributed by atoms with van der Waals surface area (Å²) in [4.78, 5) is 119. The minimum Gasteiger partial charge on any atom is -0.497 e. The second kappa shape index (κ2) is 26.0. The van der Waals surface area contributed by atoms with E-state index in [-0.39, 0.29) is 37.6 Å². The molecule has 1 aromatic carbocycles. The van der Waals surface area contributed by atoms with E-state index in [1.54, 1.807) is 64.0 Å². The molecule has 5 N–H and O–H groups in total. The van der Waals surface area contributed by atoms with Crippen LogP contribution in [0.3, 0.4) is 0 Å². The highest BCUT2D eigenvalue weighted by Gasteiger charge is 2.44. The van der Waals surface area contributed by atoms with Gasteiger partial charge in [-0.25, -0.2) is 4.79 Å². The van der Waals surface area contributed by atoms with E-state index >= 15 is 0 Å². The molecule has 0 bridgehead atoms. The molecular weight excluding hydrogens is 875 g/mol. The van der Waals surface area contributed by atoms with Gasteiger partial charge in [0, 0.05) is 20.0 Å². The van der Waals surface area contributed by atoms with Crippen LogP contribution in [0.5, 0.6) is 5.75 Å². The first-order valence-corrected chi connectivity index (χ1v) is 24.3. The topological polar surface area (TPSA) is 233 Å². The molecule has 6 amide bonds. The number of hydrogen-bond donors (Lipinski definition) is 5. The lowest BCUT2D eigenvalue weighted by atomic mass is 9.89. The minimum atomic E-state index is -1.52. The first-order valence-electron chi connectivity index (χ1n) is 24.3. The lowest BCUT2D eigenvalue weighted by molar-refractivity contribution is -0.162. The van der Waals surface area contributed by atoms with Gasteiger partial charge in [-0.1, -0.05) is 73.9 Å². The monoisotopic (exact) mass is 956 g/mol. The number of ketones is 1. The van der Waals surface area contributed by atoms with Crippen LogP contribution >= 0.6 is 0 Å². The van der Waals surface area contributed by atoms with Gasteiger partial charge in [-0.2, -0.15) is 0 Å². The zero-order valence-corrected chi connectivity index (χ0v) is 42.9. The summed E-state index contributed by atoms with van der Waals surface area (Å²) in [6.07, 6.45) is -1.62. The van der Waals surface area contributed by atoms with E-state index in [0.717, 1.165) is 0 Å². The largest absolute Gasteiger partial charge is 0.497 e. The van der Waals surface area contributed by atoms with Crippen molar-refractivity contribution in [3.05, 3.63) is 29.8 Å². The Hall–Kier alpha value is -5.10. The Morgan fingerprint density at radius 2 is 1.54 bits per heavy atom. The Bertz CT molecular complexity index is 1910. The molecule has 2 saturated heterocycles. The number of benzene rings is 1. The molecule has 4 unspecified atom stereocenters. The van der Waals surface area contributed by atoms with Gasteiger partial charge in [-0.3, -0.25) is 38.5 Å². The Balaban J connectivity index is 2.25. The van der Waals surface area contributed by atoms with Crippen molar-refractivity contribution in [1.82, 2.24) is 36.0 Å². The maximum Gasteiger partial charge on any atom is 0.329 e. The van der Waals surface area contributed by atoms with E-state index in [1.165, 1.54) is 37.8 Å². The number of amides is 6. The second-order valence-corrected chi connectivity index (χ2v) is 20.2. The van der Waals surface area contributed by atoms with Crippen molar-refractivity contribution in [3.8, 4) is 5.75 Å². The average molecular weight is 956 g/mol. The zero-order valence-electron chi connectivity index (χ0n) is 42.9. The molecule has 1 aromatic rings. The Morgan fingerprint density at radius 3 is 2.09 bits per heavy atom. The molecule has 0 aliphatic carbocycles. The van der Waals surface area contributed by atoms with Crippen LogP contribution in [0.1, 0.15) is 113 Å². The fourth-order valence-electron chi connectivity index (χ4n) is 8.84. The number of methoxy groups -OCH3 is 1. The predicted octanol–water partition coefficient (Wildman–Crippen LogP) is 2.62. The zero-order chi connectivity index (χ0) is 51.3. The number of likely N-dealkylation sites (N-methyl/N-ethyl adjacent to an activating group) is 2. The van der Waals surface area contributed by atoms with Crippen molar-refractivity contribution in [2.24, 2.45) is 29.6 Å².